The van der Waals surface area contributed by atoms with Crippen LogP contribution in [0.15, 0.2) is 0 Å². The minimum Gasteiger partial charge on any atom is -0.376 e. The molecule has 0 aromatic carbocycles. The summed E-state index contributed by atoms with van der Waals surface area (Å²) in [6, 6.07) is 0. The zero-order valence-corrected chi connectivity index (χ0v) is 8.58. The second-order valence-corrected chi connectivity index (χ2v) is 4.13. The molecule has 1 saturated carbocycles. The molecule has 1 aliphatic rings. The van der Waals surface area contributed by atoms with Crippen LogP contribution in [-0.2, 0) is 0 Å². The zero-order chi connectivity index (χ0) is 9.19. The smallest absolute Gasteiger partial charge is 0.163 e. The lowest BCUT2D eigenvalue weighted by Gasteiger charge is -2.47. The molecule has 3 nitrogen and oxygen atoms in total. The Morgan fingerprint density at radius 2 is 2.17 bits per heavy atom. The lowest BCUT2D eigenvalue weighted by Crippen LogP contribution is -2.57. The third kappa shape index (κ3) is 1.87. The molecule has 12 heavy (non-hydrogen) atoms. The number of hydrogen-bond donors (Lipinski definition) is 2. The van der Waals surface area contributed by atoms with Gasteiger partial charge in [0.05, 0.1) is 0 Å². The first kappa shape index (κ1) is 9.74. The lowest BCUT2D eigenvalue weighted by atomic mass is 9.75. The number of hydrogen-bond acceptors (Lipinski definition) is 2. The van der Waals surface area contributed by atoms with Gasteiger partial charge >= 0.3 is 0 Å². The molecule has 0 aliphatic heterocycles. The van der Waals surface area contributed by atoms with Crippen molar-refractivity contribution >= 4 is 17.3 Å². The van der Waals surface area contributed by atoms with Crippen LogP contribution in [0.1, 0.15) is 19.3 Å². The van der Waals surface area contributed by atoms with Gasteiger partial charge in [0.1, 0.15) is 0 Å². The van der Waals surface area contributed by atoms with Crippen molar-refractivity contribution < 1.29 is 0 Å². The van der Waals surface area contributed by atoms with Crippen LogP contribution in [0.25, 0.3) is 0 Å². The molecule has 0 aromatic heterocycles. The molecule has 0 saturated heterocycles. The fraction of sp³-hybridized carbons (Fsp3) is 0.875. The van der Waals surface area contributed by atoms with E-state index in [9.17, 15) is 0 Å². The third-order valence-electron chi connectivity index (χ3n) is 2.82. The summed E-state index contributed by atoms with van der Waals surface area (Å²) in [6.07, 6.45) is 3.81. The minimum absolute atomic E-state index is 0.309. The number of nitrogens with zero attached hydrogens (tertiary/aromatic N) is 1. The van der Waals surface area contributed by atoms with Crippen LogP contribution in [0.5, 0.6) is 0 Å². The largest absolute Gasteiger partial charge is 0.376 e. The van der Waals surface area contributed by atoms with Crippen molar-refractivity contribution in [2.45, 2.75) is 24.8 Å². The molecule has 0 heterocycles. The summed E-state index contributed by atoms with van der Waals surface area (Å²) in [4.78, 5) is 2.27. The Morgan fingerprint density at radius 3 is 2.42 bits per heavy atom. The van der Waals surface area contributed by atoms with E-state index in [0.717, 1.165) is 6.54 Å². The number of nitrogens with two attached hydrogens (primary N) is 1. The summed E-state index contributed by atoms with van der Waals surface area (Å²) in [5.74, 6) is 0. The monoisotopic (exact) mass is 187 g/mol. The van der Waals surface area contributed by atoms with Crippen LogP contribution in [0.2, 0.25) is 0 Å². The molecule has 0 unspecified atom stereocenters. The van der Waals surface area contributed by atoms with Crippen LogP contribution < -0.4 is 11.1 Å². The predicted octanol–water partition coefficient (Wildman–Crippen LogP) is 0.304. The Kier molecular flexibility index (Phi) is 2.90. The maximum Gasteiger partial charge on any atom is 0.163 e. The van der Waals surface area contributed by atoms with E-state index in [-0.39, 0.29) is 0 Å². The lowest BCUT2D eigenvalue weighted by molar-refractivity contribution is 0.0650. The molecule has 70 valence electrons. The molecule has 0 spiro atoms. The molecule has 4 heteroatoms. The minimum atomic E-state index is 0.309. The van der Waals surface area contributed by atoms with Crippen LogP contribution in [-0.4, -0.2) is 36.2 Å². The fourth-order valence-corrected chi connectivity index (χ4v) is 1.69. The Balaban J connectivity index is 2.40. The second kappa shape index (κ2) is 3.58. The molecule has 0 atom stereocenters. The highest BCUT2D eigenvalue weighted by Crippen LogP contribution is 2.35. The standard InChI is InChI=1S/C8H17N3S/c1-11(2)8(4-3-5-8)6-10-7(9)12/h3-6H2,1-2H3,(H3,9,10,12). The van der Waals surface area contributed by atoms with Gasteiger partial charge in [-0.05, 0) is 45.6 Å². The highest BCUT2D eigenvalue weighted by molar-refractivity contribution is 7.80. The SMILES string of the molecule is CN(C)C1(CNC(N)=S)CCC1. The summed E-state index contributed by atoms with van der Waals surface area (Å²) in [6.45, 7) is 0.884. The Labute approximate surface area is 79.3 Å². The second-order valence-electron chi connectivity index (χ2n) is 3.69. The number of thiocarbonyl (C=S) groups is 1. The van der Waals surface area contributed by atoms with Gasteiger partial charge in [0, 0.05) is 12.1 Å². The van der Waals surface area contributed by atoms with Crippen molar-refractivity contribution in [2.24, 2.45) is 5.73 Å². The van der Waals surface area contributed by atoms with E-state index in [1.807, 2.05) is 0 Å². The van der Waals surface area contributed by atoms with Gasteiger partial charge in [0.2, 0.25) is 0 Å². The molecule has 1 rings (SSSR count). The van der Waals surface area contributed by atoms with E-state index >= 15 is 0 Å². The number of rotatable bonds is 3. The van der Waals surface area contributed by atoms with E-state index in [1.165, 1.54) is 19.3 Å². The molecule has 0 aromatic rings. The van der Waals surface area contributed by atoms with Gasteiger partial charge in [0.25, 0.3) is 0 Å². The van der Waals surface area contributed by atoms with Crippen molar-refractivity contribution in [3.63, 3.8) is 0 Å². The Morgan fingerprint density at radius 1 is 1.58 bits per heavy atom. The average Bonchev–Trinajstić information content (AvgIpc) is 1.83. The van der Waals surface area contributed by atoms with Gasteiger partial charge in [-0.2, -0.15) is 0 Å². The fourth-order valence-electron chi connectivity index (χ4n) is 1.62. The van der Waals surface area contributed by atoms with Gasteiger partial charge in [-0.3, -0.25) is 0 Å². The maximum absolute atomic E-state index is 5.38. The van der Waals surface area contributed by atoms with Crippen molar-refractivity contribution in [3.8, 4) is 0 Å². The van der Waals surface area contributed by atoms with E-state index in [0.29, 0.717) is 10.7 Å². The zero-order valence-electron chi connectivity index (χ0n) is 7.76. The quantitative estimate of drug-likeness (QED) is 0.624. The summed E-state index contributed by atoms with van der Waals surface area (Å²) in [7, 11) is 4.22. The summed E-state index contributed by atoms with van der Waals surface area (Å²) in [5, 5.41) is 3.44. The highest BCUT2D eigenvalue weighted by Gasteiger charge is 2.38. The number of nitrogens with one attached hydrogen (secondary N) is 1. The molecule has 3 N–H and O–H groups in total. The van der Waals surface area contributed by atoms with Crippen molar-refractivity contribution in [1.82, 2.24) is 10.2 Å². The van der Waals surface area contributed by atoms with Crippen molar-refractivity contribution in [2.75, 3.05) is 20.6 Å². The molecule has 0 amide bonds. The Bertz CT molecular complexity index is 175. The molecule has 0 radical (unpaired) electrons. The number of likely N-dealkylation sites (N-methyl/N-ethyl adjacent to an activating group) is 1. The van der Waals surface area contributed by atoms with Crippen LogP contribution >= 0.6 is 12.2 Å². The maximum atomic E-state index is 5.38. The van der Waals surface area contributed by atoms with Gasteiger partial charge in [-0.1, -0.05) is 0 Å². The van der Waals surface area contributed by atoms with E-state index in [1.54, 1.807) is 0 Å². The summed E-state index contributed by atoms with van der Waals surface area (Å²) < 4.78 is 0. The predicted molar refractivity (Wildman–Crippen MR) is 55.1 cm³/mol. The van der Waals surface area contributed by atoms with Crippen LogP contribution in [0.3, 0.4) is 0 Å². The first-order chi connectivity index (χ1) is 5.57. The van der Waals surface area contributed by atoms with Gasteiger partial charge < -0.3 is 16.0 Å². The molecular formula is C8H17N3S. The summed E-state index contributed by atoms with van der Waals surface area (Å²) >= 11 is 4.77. The molecule has 1 aliphatic carbocycles. The van der Waals surface area contributed by atoms with Crippen molar-refractivity contribution in [3.05, 3.63) is 0 Å². The summed E-state index contributed by atoms with van der Waals surface area (Å²) in [5.41, 5.74) is 5.69. The van der Waals surface area contributed by atoms with Gasteiger partial charge in [-0.15, -0.1) is 0 Å². The Hall–Kier alpha value is -0.350. The first-order valence-electron chi connectivity index (χ1n) is 4.28. The third-order valence-corrected chi connectivity index (χ3v) is 2.97. The first-order valence-corrected chi connectivity index (χ1v) is 4.68. The molecule has 0 bridgehead atoms. The van der Waals surface area contributed by atoms with Gasteiger partial charge in [-0.25, -0.2) is 0 Å². The van der Waals surface area contributed by atoms with Crippen LogP contribution in [0, 0.1) is 0 Å². The van der Waals surface area contributed by atoms with Gasteiger partial charge in [0.15, 0.2) is 5.11 Å². The normalized spacial score (nSPS) is 20.2. The van der Waals surface area contributed by atoms with Crippen molar-refractivity contribution in [1.29, 1.82) is 0 Å². The topological polar surface area (TPSA) is 41.3 Å². The van der Waals surface area contributed by atoms with E-state index < -0.39 is 0 Å². The average molecular weight is 187 g/mol. The van der Waals surface area contributed by atoms with Crippen LogP contribution in [0.4, 0.5) is 0 Å². The molecular weight excluding hydrogens is 170 g/mol. The van der Waals surface area contributed by atoms with E-state index in [2.05, 4.69) is 24.3 Å². The molecule has 1 fully saturated rings. The highest BCUT2D eigenvalue weighted by atomic mass is 32.1. The van der Waals surface area contributed by atoms with E-state index in [4.69, 9.17) is 18.0 Å².